The summed E-state index contributed by atoms with van der Waals surface area (Å²) in [6.45, 7) is 8.82. The Kier molecular flexibility index (Phi) is 13.1. The molecule has 117 valence electrons. The van der Waals surface area contributed by atoms with Crippen molar-refractivity contribution in [3.05, 3.63) is 71.9 Å². The van der Waals surface area contributed by atoms with Crippen molar-refractivity contribution in [2.45, 2.75) is 39.5 Å². The average molecular weight is 332 g/mol. The fourth-order valence-electron chi connectivity index (χ4n) is 1.68. The summed E-state index contributed by atoms with van der Waals surface area (Å²) >= 11 is 0. The van der Waals surface area contributed by atoms with Gasteiger partial charge in [-0.15, -0.1) is 12.1 Å². The Morgan fingerprint density at radius 3 is 1.73 bits per heavy atom. The molecular formula is C19H26NOTi. The first-order valence-corrected chi connectivity index (χ1v) is 7.07. The van der Waals surface area contributed by atoms with Gasteiger partial charge in [-0.2, -0.15) is 53.6 Å². The van der Waals surface area contributed by atoms with Gasteiger partial charge < -0.3 is 10.9 Å². The number of para-hydroxylation sites is 1. The maximum atomic E-state index is 4.86. The van der Waals surface area contributed by atoms with Crippen LogP contribution in [0.3, 0.4) is 0 Å². The van der Waals surface area contributed by atoms with Crippen molar-refractivity contribution in [1.82, 2.24) is 0 Å². The molecule has 0 saturated heterocycles. The molecule has 0 atom stereocenters. The van der Waals surface area contributed by atoms with Crippen molar-refractivity contribution in [3.63, 3.8) is 0 Å². The molecular weight excluding hydrogens is 306 g/mol. The second-order valence-corrected chi connectivity index (χ2v) is 5.30. The van der Waals surface area contributed by atoms with Crippen LogP contribution in [0.2, 0.25) is 0 Å². The van der Waals surface area contributed by atoms with Gasteiger partial charge in [-0.05, 0) is 11.8 Å². The normalized spacial score (nSPS) is 9.23. The summed E-state index contributed by atoms with van der Waals surface area (Å²) in [6, 6.07) is 20.3. The molecule has 2 N–H and O–H groups in total. The van der Waals surface area contributed by atoms with E-state index in [2.05, 4.69) is 58.0 Å². The van der Waals surface area contributed by atoms with Crippen molar-refractivity contribution in [2.75, 3.05) is 7.11 Å². The van der Waals surface area contributed by atoms with Crippen LogP contribution in [-0.4, -0.2) is 7.11 Å². The number of ether oxygens (including phenoxy) is 1. The molecule has 0 aliphatic carbocycles. The van der Waals surface area contributed by atoms with Crippen molar-refractivity contribution in [1.29, 1.82) is 0 Å². The van der Waals surface area contributed by atoms with Gasteiger partial charge in [0.25, 0.3) is 0 Å². The van der Waals surface area contributed by atoms with Gasteiger partial charge >= 0.3 is 21.7 Å². The first-order valence-electron chi connectivity index (χ1n) is 7.07. The summed E-state index contributed by atoms with van der Waals surface area (Å²) in [6.07, 6.45) is 0. The predicted octanol–water partition coefficient (Wildman–Crippen LogP) is 5.94. The van der Waals surface area contributed by atoms with E-state index in [9.17, 15) is 0 Å². The fourth-order valence-corrected chi connectivity index (χ4v) is 1.68. The van der Waals surface area contributed by atoms with Gasteiger partial charge in [0.1, 0.15) is 0 Å². The molecule has 22 heavy (non-hydrogen) atoms. The van der Waals surface area contributed by atoms with Crippen LogP contribution in [0.15, 0.2) is 42.5 Å². The van der Waals surface area contributed by atoms with Crippen LogP contribution in [0.1, 0.15) is 50.7 Å². The van der Waals surface area contributed by atoms with Crippen LogP contribution in [0.25, 0.3) is 6.15 Å². The molecule has 0 amide bonds. The standard InChI is InChI=1S/C12H17.C7H7O.H2N.Ti/c1-9(2)11-6-5-7-12(8-11)10(3)4;1-8-7-5-3-2-4-6-7;;/h5-7,9-10H,1-4H3;2-5H,1H3;1H2;/q3*-1;+3. The number of rotatable bonds is 3. The molecule has 3 heteroatoms. The molecule has 0 aliphatic rings. The van der Waals surface area contributed by atoms with E-state index in [1.807, 2.05) is 24.3 Å². The van der Waals surface area contributed by atoms with Crippen molar-refractivity contribution < 1.29 is 26.5 Å². The monoisotopic (exact) mass is 332 g/mol. The van der Waals surface area contributed by atoms with E-state index in [-0.39, 0.29) is 27.9 Å². The molecule has 1 radical (unpaired) electrons. The van der Waals surface area contributed by atoms with Crippen LogP contribution in [0.4, 0.5) is 0 Å². The van der Waals surface area contributed by atoms with E-state index in [0.29, 0.717) is 11.8 Å². The third-order valence-electron chi connectivity index (χ3n) is 2.98. The van der Waals surface area contributed by atoms with Gasteiger partial charge in [-0.25, -0.2) is 0 Å². The van der Waals surface area contributed by atoms with Gasteiger partial charge in [0.2, 0.25) is 0 Å². The van der Waals surface area contributed by atoms with Gasteiger partial charge in [0.15, 0.2) is 0 Å². The minimum absolute atomic E-state index is 0. The number of methoxy groups -OCH3 is 1. The van der Waals surface area contributed by atoms with Crippen LogP contribution >= 0.6 is 0 Å². The molecule has 0 bridgehead atoms. The molecule has 2 aromatic carbocycles. The van der Waals surface area contributed by atoms with E-state index in [1.54, 1.807) is 7.11 Å². The summed E-state index contributed by atoms with van der Waals surface area (Å²) in [5.41, 5.74) is 2.64. The van der Waals surface area contributed by atoms with Crippen LogP contribution in [0, 0.1) is 12.1 Å². The summed E-state index contributed by atoms with van der Waals surface area (Å²) in [7, 11) is 1.63. The van der Waals surface area contributed by atoms with E-state index in [1.165, 1.54) is 11.1 Å². The third kappa shape index (κ3) is 8.38. The number of hydrogen-bond donors (Lipinski definition) is 0. The summed E-state index contributed by atoms with van der Waals surface area (Å²) in [5.74, 6) is 1.96. The smallest absolute Gasteiger partial charge is 0.693 e. The Morgan fingerprint density at radius 1 is 0.864 bits per heavy atom. The molecule has 0 aliphatic heterocycles. The van der Waals surface area contributed by atoms with Crippen molar-refractivity contribution in [2.24, 2.45) is 0 Å². The summed E-state index contributed by atoms with van der Waals surface area (Å²) in [5, 5.41) is 0. The molecule has 0 heterocycles. The third-order valence-corrected chi connectivity index (χ3v) is 2.98. The molecule has 0 spiro atoms. The maximum Gasteiger partial charge on any atom is 3.00 e. The Bertz CT molecular complexity index is 475. The number of hydrogen-bond acceptors (Lipinski definition) is 1. The summed E-state index contributed by atoms with van der Waals surface area (Å²) in [4.78, 5) is 0. The van der Waals surface area contributed by atoms with E-state index < -0.39 is 0 Å². The average Bonchev–Trinajstić information content (AvgIpc) is 2.49. The van der Waals surface area contributed by atoms with Crippen LogP contribution < -0.4 is 4.74 Å². The molecule has 0 unspecified atom stereocenters. The fraction of sp³-hybridized carbons (Fsp3) is 0.368. The Labute approximate surface area is 150 Å². The first-order chi connectivity index (χ1) is 9.54. The minimum atomic E-state index is 0. The molecule has 0 saturated carbocycles. The maximum absolute atomic E-state index is 4.86. The number of benzene rings is 2. The first kappa shape index (κ1) is 23.2. The molecule has 2 rings (SSSR count). The van der Waals surface area contributed by atoms with Gasteiger partial charge in [-0.1, -0.05) is 27.7 Å². The second kappa shape index (κ2) is 12.5. The SMILES string of the molecule is CC(C)c1[c-]c(C(C)C)ccc1.COc1[c-]cccc1.[NH2-].[Ti+3]. The molecule has 0 fully saturated rings. The van der Waals surface area contributed by atoms with E-state index in [4.69, 9.17) is 4.74 Å². The van der Waals surface area contributed by atoms with Crippen LogP contribution in [-0.2, 0) is 21.7 Å². The quantitative estimate of drug-likeness (QED) is 0.506. The Morgan fingerprint density at radius 2 is 1.41 bits per heavy atom. The van der Waals surface area contributed by atoms with Gasteiger partial charge in [-0.3, -0.25) is 0 Å². The zero-order chi connectivity index (χ0) is 15.0. The Hall–Kier alpha value is -1.09. The van der Waals surface area contributed by atoms with E-state index >= 15 is 0 Å². The zero-order valence-electron chi connectivity index (χ0n) is 14.2. The minimum Gasteiger partial charge on any atom is -0.693 e. The van der Waals surface area contributed by atoms with Gasteiger partial charge in [0, 0.05) is 5.75 Å². The molecule has 0 aromatic heterocycles. The molecule has 2 nitrogen and oxygen atoms in total. The topological polar surface area (TPSA) is 42.7 Å². The van der Waals surface area contributed by atoms with Crippen molar-refractivity contribution >= 4 is 0 Å². The largest absolute Gasteiger partial charge is 3.00 e. The van der Waals surface area contributed by atoms with Crippen molar-refractivity contribution in [3.8, 4) is 5.75 Å². The zero-order valence-corrected chi connectivity index (χ0v) is 15.7. The summed E-state index contributed by atoms with van der Waals surface area (Å²) < 4.78 is 4.86. The van der Waals surface area contributed by atoms with Crippen LogP contribution in [0.5, 0.6) is 5.75 Å². The Balaban J connectivity index is 0. The predicted molar refractivity (Wildman–Crippen MR) is 90.6 cm³/mol. The molecule has 2 aromatic rings. The van der Waals surface area contributed by atoms with Gasteiger partial charge in [0.05, 0.1) is 7.11 Å². The second-order valence-electron chi connectivity index (χ2n) is 5.30. The van der Waals surface area contributed by atoms with E-state index in [0.717, 1.165) is 5.75 Å². The number of nitrogens with two attached hydrogens (primary N) is 1.